The molecule has 1 aromatic heterocycles. The van der Waals surface area contributed by atoms with Gasteiger partial charge in [-0.1, -0.05) is 19.3 Å². The van der Waals surface area contributed by atoms with E-state index < -0.39 is 0 Å². The number of hydrogen-bond donors (Lipinski definition) is 3. The van der Waals surface area contributed by atoms with Crippen molar-refractivity contribution in [1.82, 2.24) is 10.3 Å². The van der Waals surface area contributed by atoms with Gasteiger partial charge in [0.25, 0.3) is 0 Å². The zero-order chi connectivity index (χ0) is 20.0. The highest BCUT2D eigenvalue weighted by molar-refractivity contribution is 5.88. The van der Waals surface area contributed by atoms with Crippen LogP contribution in [0, 0.1) is 5.41 Å². The van der Waals surface area contributed by atoms with Crippen molar-refractivity contribution in [2.75, 3.05) is 27.3 Å². The first-order valence-electron chi connectivity index (χ1n) is 10.3. The fourth-order valence-electron chi connectivity index (χ4n) is 4.32. The minimum atomic E-state index is 0.0229. The van der Waals surface area contributed by atoms with Gasteiger partial charge in [-0.05, 0) is 43.7 Å². The van der Waals surface area contributed by atoms with E-state index in [4.69, 9.17) is 15.2 Å². The van der Waals surface area contributed by atoms with Crippen molar-refractivity contribution in [3.63, 3.8) is 0 Å². The molecule has 0 atom stereocenters. The first-order valence-corrected chi connectivity index (χ1v) is 10.3. The maximum atomic E-state index is 12.4. The molecule has 154 valence electrons. The molecule has 4 N–H and O–H groups in total. The lowest BCUT2D eigenvalue weighted by Gasteiger charge is -2.35. The number of aromatic amines is 1. The topological polar surface area (TPSA) is 89.4 Å². The Hall–Kier alpha value is -2.21. The quantitative estimate of drug-likeness (QED) is 0.574. The molecule has 1 aliphatic rings. The fourth-order valence-corrected chi connectivity index (χ4v) is 4.32. The molecule has 0 aliphatic heterocycles. The lowest BCUT2D eigenvalue weighted by Crippen LogP contribution is -2.38. The Morgan fingerprint density at radius 1 is 1.18 bits per heavy atom. The molecule has 1 amide bonds. The summed E-state index contributed by atoms with van der Waals surface area (Å²) in [5.41, 5.74) is 8.14. The third-order valence-corrected chi connectivity index (χ3v) is 6.01. The Kier molecular flexibility index (Phi) is 6.83. The van der Waals surface area contributed by atoms with Gasteiger partial charge in [0, 0.05) is 36.2 Å². The fraction of sp³-hybridized carbons (Fsp3) is 0.591. The molecule has 0 saturated heterocycles. The predicted molar refractivity (Wildman–Crippen MR) is 112 cm³/mol. The van der Waals surface area contributed by atoms with Crippen molar-refractivity contribution in [1.29, 1.82) is 0 Å². The molecule has 1 fully saturated rings. The second-order valence-corrected chi connectivity index (χ2v) is 7.98. The van der Waals surface area contributed by atoms with Crippen molar-refractivity contribution >= 4 is 16.8 Å². The Labute approximate surface area is 167 Å². The summed E-state index contributed by atoms with van der Waals surface area (Å²) < 4.78 is 10.8. The zero-order valence-corrected chi connectivity index (χ0v) is 17.1. The molecule has 0 unspecified atom stereocenters. The molecule has 1 saturated carbocycles. The van der Waals surface area contributed by atoms with Crippen molar-refractivity contribution < 1.29 is 14.3 Å². The van der Waals surface area contributed by atoms with Gasteiger partial charge < -0.3 is 25.5 Å². The van der Waals surface area contributed by atoms with Crippen LogP contribution in [-0.4, -0.2) is 38.2 Å². The SMILES string of the molecule is COc1cc(OC)c2cc(CCCNC(=O)CC3(CN)CCCCC3)[nH]c2c1. The van der Waals surface area contributed by atoms with Crippen LogP contribution in [0.4, 0.5) is 0 Å². The van der Waals surface area contributed by atoms with Gasteiger partial charge >= 0.3 is 0 Å². The highest BCUT2D eigenvalue weighted by atomic mass is 16.5. The van der Waals surface area contributed by atoms with Crippen LogP contribution in [0.3, 0.4) is 0 Å². The number of benzene rings is 1. The van der Waals surface area contributed by atoms with Crippen LogP contribution in [0.2, 0.25) is 0 Å². The number of methoxy groups -OCH3 is 2. The molecule has 1 aromatic carbocycles. The van der Waals surface area contributed by atoms with Gasteiger partial charge in [-0.2, -0.15) is 0 Å². The number of nitrogens with one attached hydrogen (secondary N) is 2. The van der Waals surface area contributed by atoms with E-state index in [1.165, 1.54) is 19.3 Å². The van der Waals surface area contributed by atoms with E-state index in [1.807, 2.05) is 12.1 Å². The Morgan fingerprint density at radius 2 is 1.96 bits per heavy atom. The zero-order valence-electron chi connectivity index (χ0n) is 17.1. The summed E-state index contributed by atoms with van der Waals surface area (Å²) in [6.07, 6.45) is 8.13. The number of nitrogens with two attached hydrogens (primary N) is 1. The van der Waals surface area contributed by atoms with E-state index in [9.17, 15) is 4.79 Å². The first kappa shape index (κ1) is 20.5. The molecule has 28 heavy (non-hydrogen) atoms. The van der Waals surface area contributed by atoms with Gasteiger partial charge in [0.05, 0.1) is 19.7 Å². The summed E-state index contributed by atoms with van der Waals surface area (Å²) in [4.78, 5) is 15.8. The lowest BCUT2D eigenvalue weighted by molar-refractivity contribution is -0.123. The van der Waals surface area contributed by atoms with Gasteiger partial charge in [0.2, 0.25) is 5.91 Å². The Bertz CT molecular complexity index is 794. The first-order chi connectivity index (χ1) is 13.6. The number of H-pyrrole nitrogens is 1. The molecule has 0 radical (unpaired) electrons. The van der Waals surface area contributed by atoms with Crippen molar-refractivity contribution in [2.24, 2.45) is 11.1 Å². The summed E-state index contributed by atoms with van der Waals surface area (Å²) >= 11 is 0. The molecule has 6 nitrogen and oxygen atoms in total. The van der Waals surface area contributed by atoms with E-state index in [1.54, 1.807) is 14.2 Å². The maximum absolute atomic E-state index is 12.4. The van der Waals surface area contributed by atoms with Crippen molar-refractivity contribution in [3.05, 3.63) is 23.9 Å². The molecular weight excluding hydrogens is 354 g/mol. The van der Waals surface area contributed by atoms with Gasteiger partial charge in [-0.15, -0.1) is 0 Å². The molecule has 6 heteroatoms. The Balaban J connectivity index is 1.50. The number of fused-ring (bicyclic) bond motifs is 1. The molecule has 0 spiro atoms. The smallest absolute Gasteiger partial charge is 0.220 e. The number of carbonyl (C=O) groups is 1. The van der Waals surface area contributed by atoms with Crippen LogP contribution >= 0.6 is 0 Å². The normalized spacial score (nSPS) is 16.1. The van der Waals surface area contributed by atoms with Gasteiger partial charge in [0.15, 0.2) is 0 Å². The molecule has 2 aromatic rings. The summed E-state index contributed by atoms with van der Waals surface area (Å²) in [7, 11) is 3.31. The third-order valence-electron chi connectivity index (χ3n) is 6.01. The summed E-state index contributed by atoms with van der Waals surface area (Å²) in [5, 5.41) is 4.13. The van der Waals surface area contributed by atoms with E-state index in [2.05, 4.69) is 16.4 Å². The van der Waals surface area contributed by atoms with Crippen LogP contribution < -0.4 is 20.5 Å². The van der Waals surface area contributed by atoms with Gasteiger partial charge in [0.1, 0.15) is 11.5 Å². The summed E-state index contributed by atoms with van der Waals surface area (Å²) in [6, 6.07) is 5.97. The summed E-state index contributed by atoms with van der Waals surface area (Å²) in [6.45, 7) is 1.29. The predicted octanol–water partition coefficient (Wildman–Crippen LogP) is 3.53. The number of amides is 1. The summed E-state index contributed by atoms with van der Waals surface area (Å²) in [5.74, 6) is 1.70. The number of aryl methyl sites for hydroxylation is 1. The molecule has 1 aliphatic carbocycles. The molecule has 1 heterocycles. The van der Waals surface area contributed by atoms with Crippen LogP contribution in [-0.2, 0) is 11.2 Å². The van der Waals surface area contributed by atoms with Crippen molar-refractivity contribution in [2.45, 2.75) is 51.4 Å². The average molecular weight is 388 g/mol. The second kappa shape index (κ2) is 9.32. The van der Waals surface area contributed by atoms with Crippen LogP contribution in [0.1, 0.15) is 50.6 Å². The number of ether oxygens (including phenoxy) is 2. The van der Waals surface area contributed by atoms with Gasteiger partial charge in [-0.3, -0.25) is 4.79 Å². The number of hydrogen-bond acceptors (Lipinski definition) is 4. The molecule has 3 rings (SSSR count). The number of rotatable bonds is 9. The maximum Gasteiger partial charge on any atom is 0.220 e. The highest BCUT2D eigenvalue weighted by Crippen LogP contribution is 2.38. The van der Waals surface area contributed by atoms with Crippen molar-refractivity contribution in [3.8, 4) is 11.5 Å². The van der Waals surface area contributed by atoms with Crippen LogP contribution in [0.15, 0.2) is 18.2 Å². The highest BCUT2D eigenvalue weighted by Gasteiger charge is 2.32. The van der Waals surface area contributed by atoms with E-state index in [0.717, 1.165) is 53.8 Å². The minimum absolute atomic E-state index is 0.0229. The average Bonchev–Trinajstić information content (AvgIpc) is 3.14. The Morgan fingerprint density at radius 3 is 2.64 bits per heavy atom. The van der Waals surface area contributed by atoms with E-state index >= 15 is 0 Å². The lowest BCUT2D eigenvalue weighted by atomic mass is 9.71. The van der Waals surface area contributed by atoms with E-state index in [0.29, 0.717) is 19.5 Å². The van der Waals surface area contributed by atoms with E-state index in [-0.39, 0.29) is 11.3 Å². The third kappa shape index (κ3) is 4.79. The second-order valence-electron chi connectivity index (χ2n) is 7.98. The monoisotopic (exact) mass is 387 g/mol. The molecule has 0 bridgehead atoms. The van der Waals surface area contributed by atoms with Crippen LogP contribution in [0.25, 0.3) is 10.9 Å². The standard InChI is InChI=1S/C22H33N3O3/c1-27-17-12-19-18(20(13-17)28-2)11-16(25-19)7-6-10-24-21(26)14-22(15-23)8-4-3-5-9-22/h11-13,25H,3-10,14-15,23H2,1-2H3,(H,24,26). The van der Waals surface area contributed by atoms with Gasteiger partial charge in [-0.25, -0.2) is 0 Å². The largest absolute Gasteiger partial charge is 0.497 e. The minimum Gasteiger partial charge on any atom is -0.497 e. The number of aromatic nitrogens is 1. The van der Waals surface area contributed by atoms with Crippen LogP contribution in [0.5, 0.6) is 11.5 Å². The number of carbonyl (C=O) groups excluding carboxylic acids is 1. The molecular formula is C22H33N3O3.